The maximum atomic E-state index is 12.8. The summed E-state index contributed by atoms with van der Waals surface area (Å²) in [6.07, 6.45) is 27.4. The summed E-state index contributed by atoms with van der Waals surface area (Å²) in [5, 5.41) is 50.1. The van der Waals surface area contributed by atoms with Crippen LogP contribution in [0.5, 0.6) is 0 Å². The summed E-state index contributed by atoms with van der Waals surface area (Å²) < 4.78 is 33.5. The molecule has 0 aromatic rings. The molecule has 0 radical (unpaired) electrons. The standard InChI is InChI=1S/C45H79O13P/c1-3-5-7-9-11-13-15-17-19-21-23-25-27-29-31-33-38(46)55-35-37(36-56-59(53,54)58-45-43(51)41(49)40(48)42(50)44(45)52)57-39(47)34-32-30-28-26-24-22-20-18-16-14-12-10-8-6-4-2/h6,8,12-15,18,20,37,40-45,48-52H,3-5,7,9-11,16-17,19,21-36H2,1-2H3,(H,53,54). The van der Waals surface area contributed by atoms with E-state index in [2.05, 4.69) is 62.5 Å². The van der Waals surface area contributed by atoms with E-state index in [9.17, 15) is 44.6 Å². The van der Waals surface area contributed by atoms with Crippen LogP contribution in [0.2, 0.25) is 0 Å². The molecule has 0 aromatic carbocycles. The van der Waals surface area contributed by atoms with Crippen molar-refractivity contribution in [2.24, 2.45) is 0 Å². The van der Waals surface area contributed by atoms with E-state index in [0.717, 1.165) is 83.5 Å². The molecule has 1 aliphatic rings. The van der Waals surface area contributed by atoms with Gasteiger partial charge in [-0.2, -0.15) is 0 Å². The van der Waals surface area contributed by atoms with Crippen LogP contribution in [0.15, 0.2) is 48.6 Å². The maximum absolute atomic E-state index is 12.8. The molecular weight excluding hydrogens is 779 g/mol. The quantitative estimate of drug-likeness (QED) is 0.0152. The number of carbonyl (C=O) groups excluding carboxylic acids is 2. The zero-order chi connectivity index (χ0) is 43.6. The number of aliphatic hydroxyl groups excluding tert-OH is 5. The lowest BCUT2D eigenvalue weighted by Gasteiger charge is -2.41. The average molecular weight is 859 g/mol. The summed E-state index contributed by atoms with van der Waals surface area (Å²) in [5.41, 5.74) is 0. The monoisotopic (exact) mass is 859 g/mol. The number of allylic oxidation sites excluding steroid dienone is 8. The molecule has 0 spiro atoms. The molecule has 342 valence electrons. The van der Waals surface area contributed by atoms with Gasteiger partial charge < -0.3 is 39.9 Å². The second-order valence-corrected chi connectivity index (χ2v) is 16.9. The highest BCUT2D eigenvalue weighted by Gasteiger charge is 2.51. The molecule has 6 atom stereocenters. The Hall–Kier alpha value is -2.19. The molecule has 1 saturated carbocycles. The molecule has 59 heavy (non-hydrogen) atoms. The number of rotatable bonds is 36. The Labute approximate surface area is 354 Å². The lowest BCUT2D eigenvalue weighted by Crippen LogP contribution is -2.64. The fraction of sp³-hybridized carbons (Fsp3) is 0.778. The molecule has 6 unspecified atom stereocenters. The highest BCUT2D eigenvalue weighted by molar-refractivity contribution is 7.47. The third-order valence-corrected chi connectivity index (χ3v) is 11.1. The topological polar surface area (TPSA) is 210 Å². The first-order valence-electron chi connectivity index (χ1n) is 22.4. The predicted molar refractivity (Wildman–Crippen MR) is 230 cm³/mol. The Morgan fingerprint density at radius 2 is 0.966 bits per heavy atom. The van der Waals surface area contributed by atoms with E-state index in [1.807, 2.05) is 0 Å². The molecule has 1 rings (SSSR count). The molecule has 1 fully saturated rings. The molecule has 1 aliphatic carbocycles. The third-order valence-electron chi connectivity index (χ3n) is 10.2. The minimum Gasteiger partial charge on any atom is -0.462 e. The van der Waals surface area contributed by atoms with Crippen LogP contribution in [0.4, 0.5) is 0 Å². The van der Waals surface area contributed by atoms with Gasteiger partial charge in [0.1, 0.15) is 43.2 Å². The van der Waals surface area contributed by atoms with Crippen molar-refractivity contribution in [1.29, 1.82) is 0 Å². The Morgan fingerprint density at radius 1 is 0.542 bits per heavy atom. The van der Waals surface area contributed by atoms with Crippen molar-refractivity contribution in [3.63, 3.8) is 0 Å². The molecule has 6 N–H and O–H groups in total. The first kappa shape index (κ1) is 54.8. The van der Waals surface area contributed by atoms with Gasteiger partial charge in [0.05, 0.1) is 6.61 Å². The van der Waals surface area contributed by atoms with Gasteiger partial charge >= 0.3 is 19.8 Å². The molecule has 0 heterocycles. The largest absolute Gasteiger partial charge is 0.472 e. The number of aliphatic hydroxyl groups is 5. The van der Waals surface area contributed by atoms with Crippen LogP contribution >= 0.6 is 7.82 Å². The Balaban J connectivity index is 2.49. The number of hydrogen-bond acceptors (Lipinski definition) is 12. The molecule has 0 amide bonds. The number of phosphoric acid groups is 1. The van der Waals surface area contributed by atoms with Gasteiger partial charge in [-0.25, -0.2) is 4.57 Å². The van der Waals surface area contributed by atoms with E-state index in [1.165, 1.54) is 44.9 Å². The molecule has 14 heteroatoms. The Morgan fingerprint density at radius 3 is 1.49 bits per heavy atom. The van der Waals surface area contributed by atoms with Gasteiger partial charge in [-0.05, 0) is 70.6 Å². The van der Waals surface area contributed by atoms with Gasteiger partial charge in [-0.15, -0.1) is 0 Å². The van der Waals surface area contributed by atoms with E-state index >= 15 is 0 Å². The van der Waals surface area contributed by atoms with Crippen LogP contribution < -0.4 is 0 Å². The van der Waals surface area contributed by atoms with Crippen LogP contribution in [0.3, 0.4) is 0 Å². The van der Waals surface area contributed by atoms with Crippen LogP contribution in [0, 0.1) is 0 Å². The fourth-order valence-corrected chi connectivity index (χ4v) is 7.50. The number of hydrogen-bond donors (Lipinski definition) is 6. The summed E-state index contributed by atoms with van der Waals surface area (Å²) in [7, 11) is -5.12. The zero-order valence-electron chi connectivity index (χ0n) is 36.0. The molecule has 0 bridgehead atoms. The van der Waals surface area contributed by atoms with E-state index in [-0.39, 0.29) is 12.8 Å². The van der Waals surface area contributed by atoms with E-state index < -0.39 is 75.7 Å². The van der Waals surface area contributed by atoms with Crippen LogP contribution in [-0.4, -0.2) is 98.3 Å². The summed E-state index contributed by atoms with van der Waals surface area (Å²) in [5.74, 6) is -1.13. The van der Waals surface area contributed by atoms with Crippen molar-refractivity contribution in [2.45, 2.75) is 211 Å². The van der Waals surface area contributed by atoms with E-state index in [4.69, 9.17) is 18.5 Å². The summed E-state index contributed by atoms with van der Waals surface area (Å²) in [4.78, 5) is 35.6. The number of unbranched alkanes of at least 4 members (excludes halogenated alkanes) is 16. The second-order valence-electron chi connectivity index (χ2n) is 15.5. The smallest absolute Gasteiger partial charge is 0.462 e. The van der Waals surface area contributed by atoms with Crippen molar-refractivity contribution in [3.05, 3.63) is 48.6 Å². The second kappa shape index (κ2) is 35.4. The molecular formula is C45H79O13P. The fourth-order valence-electron chi connectivity index (χ4n) is 6.53. The van der Waals surface area contributed by atoms with Crippen molar-refractivity contribution in [3.8, 4) is 0 Å². The van der Waals surface area contributed by atoms with Crippen molar-refractivity contribution >= 4 is 19.8 Å². The summed E-state index contributed by atoms with van der Waals surface area (Å²) >= 11 is 0. The van der Waals surface area contributed by atoms with Crippen molar-refractivity contribution < 1.29 is 63.1 Å². The highest BCUT2D eigenvalue weighted by Crippen LogP contribution is 2.47. The van der Waals surface area contributed by atoms with Gasteiger partial charge in [0.2, 0.25) is 0 Å². The highest BCUT2D eigenvalue weighted by atomic mass is 31.2. The first-order chi connectivity index (χ1) is 28.4. The predicted octanol–water partition coefficient (Wildman–Crippen LogP) is 8.39. The maximum Gasteiger partial charge on any atom is 0.472 e. The molecule has 0 saturated heterocycles. The van der Waals surface area contributed by atoms with Gasteiger partial charge in [0, 0.05) is 12.8 Å². The summed E-state index contributed by atoms with van der Waals surface area (Å²) in [6.45, 7) is 3.15. The van der Waals surface area contributed by atoms with E-state index in [1.54, 1.807) is 0 Å². The third kappa shape index (κ3) is 28.1. The lowest BCUT2D eigenvalue weighted by molar-refractivity contribution is -0.220. The SMILES string of the molecule is CCC=CCC=CCC=CCCCCCCCC(=O)OC(COC(=O)CCCCCCCCCC=CCCCCCC)COP(=O)(O)OC1C(O)C(O)C(O)C(O)C1O. The summed E-state index contributed by atoms with van der Waals surface area (Å²) in [6, 6.07) is 0. The number of ether oxygens (including phenoxy) is 2. The van der Waals surface area contributed by atoms with Crippen LogP contribution in [0.25, 0.3) is 0 Å². The number of carbonyl (C=O) groups is 2. The Kier molecular flexibility index (Phi) is 32.9. The van der Waals surface area contributed by atoms with Crippen LogP contribution in [0.1, 0.15) is 168 Å². The van der Waals surface area contributed by atoms with Crippen molar-refractivity contribution in [1.82, 2.24) is 0 Å². The molecule has 13 nitrogen and oxygen atoms in total. The van der Waals surface area contributed by atoms with Gasteiger partial charge in [0.25, 0.3) is 0 Å². The lowest BCUT2D eigenvalue weighted by atomic mass is 9.85. The Bertz CT molecular complexity index is 1220. The normalized spacial score (nSPS) is 22.8. The molecule has 0 aliphatic heterocycles. The van der Waals surface area contributed by atoms with E-state index in [0.29, 0.717) is 12.8 Å². The van der Waals surface area contributed by atoms with Gasteiger partial charge in [0.15, 0.2) is 6.10 Å². The van der Waals surface area contributed by atoms with Gasteiger partial charge in [-0.3, -0.25) is 18.6 Å². The van der Waals surface area contributed by atoms with Gasteiger partial charge in [-0.1, -0.05) is 133 Å². The zero-order valence-corrected chi connectivity index (χ0v) is 36.9. The van der Waals surface area contributed by atoms with Crippen molar-refractivity contribution in [2.75, 3.05) is 13.2 Å². The minimum absolute atomic E-state index is 0.0752. The first-order valence-corrected chi connectivity index (χ1v) is 23.9. The number of esters is 2. The number of phosphoric ester groups is 1. The minimum atomic E-state index is -5.12. The molecule has 0 aromatic heterocycles. The van der Waals surface area contributed by atoms with Crippen LogP contribution in [-0.2, 0) is 32.7 Å². The average Bonchev–Trinajstić information content (AvgIpc) is 3.21.